The van der Waals surface area contributed by atoms with E-state index in [0.29, 0.717) is 5.69 Å². The molecule has 0 aliphatic carbocycles. The molecule has 2 aromatic heterocycles. The van der Waals surface area contributed by atoms with Gasteiger partial charge in [0.1, 0.15) is 11.8 Å². The van der Waals surface area contributed by atoms with Crippen LogP contribution in [-0.2, 0) is 4.74 Å². The molecular formula is C21H28N6O. The molecule has 4 atom stereocenters. The van der Waals surface area contributed by atoms with Gasteiger partial charge in [-0.05, 0) is 57.0 Å². The van der Waals surface area contributed by atoms with Crippen LogP contribution in [0.25, 0.3) is 5.52 Å². The summed E-state index contributed by atoms with van der Waals surface area (Å²) < 4.78 is 8.06. The molecule has 7 nitrogen and oxygen atoms in total. The average Bonchev–Trinajstić information content (AvgIpc) is 3.35. The summed E-state index contributed by atoms with van der Waals surface area (Å²) in [5, 5.41) is 17.3. The highest BCUT2D eigenvalue weighted by molar-refractivity contribution is 5.74. The van der Waals surface area contributed by atoms with Crippen LogP contribution in [0.5, 0.6) is 0 Å². The number of nitrogens with one attached hydrogen (secondary N) is 1. The van der Waals surface area contributed by atoms with Crippen molar-refractivity contribution in [2.45, 2.75) is 38.0 Å². The van der Waals surface area contributed by atoms with Gasteiger partial charge in [-0.15, -0.1) is 0 Å². The topological polar surface area (TPSA) is 68.8 Å². The smallest absolute Gasteiger partial charge is 0.142 e. The second kappa shape index (κ2) is 7.36. The summed E-state index contributed by atoms with van der Waals surface area (Å²) in [5.74, 6) is 0.802. The van der Waals surface area contributed by atoms with Crippen LogP contribution in [0.1, 0.15) is 25.5 Å². The first-order valence-electron chi connectivity index (χ1n) is 10.4. The van der Waals surface area contributed by atoms with Gasteiger partial charge in [-0.25, -0.2) is 4.52 Å². The van der Waals surface area contributed by atoms with Gasteiger partial charge in [-0.2, -0.15) is 10.4 Å². The molecule has 0 amide bonds. The molecule has 2 unspecified atom stereocenters. The van der Waals surface area contributed by atoms with Gasteiger partial charge in [0.2, 0.25) is 0 Å². The number of nitrogens with zero attached hydrogens (tertiary/aromatic N) is 5. The fraction of sp³-hybridized carbons (Fsp3) is 0.619. The highest BCUT2D eigenvalue weighted by atomic mass is 16.5. The summed E-state index contributed by atoms with van der Waals surface area (Å²) in [6, 6.07) is 8.86. The van der Waals surface area contributed by atoms with Crippen molar-refractivity contribution in [2.75, 3.05) is 44.2 Å². The number of anilines is 1. The Kier molecular flexibility index (Phi) is 4.71. The predicted octanol–water partition coefficient (Wildman–Crippen LogP) is 1.48. The molecule has 28 heavy (non-hydrogen) atoms. The van der Waals surface area contributed by atoms with Crippen LogP contribution in [-0.4, -0.2) is 72.0 Å². The maximum Gasteiger partial charge on any atom is 0.142 e. The Hall–Kier alpha value is -2.14. The van der Waals surface area contributed by atoms with E-state index in [9.17, 15) is 5.26 Å². The van der Waals surface area contributed by atoms with Gasteiger partial charge >= 0.3 is 0 Å². The van der Waals surface area contributed by atoms with E-state index >= 15 is 0 Å². The van der Waals surface area contributed by atoms with E-state index in [1.807, 2.05) is 12.1 Å². The van der Waals surface area contributed by atoms with Crippen LogP contribution in [0.2, 0.25) is 0 Å². The van der Waals surface area contributed by atoms with E-state index in [1.165, 1.54) is 25.9 Å². The lowest BCUT2D eigenvalue weighted by atomic mass is 9.93. The third-order valence-corrected chi connectivity index (χ3v) is 6.52. The van der Waals surface area contributed by atoms with Crippen molar-refractivity contribution in [3.05, 3.63) is 30.1 Å². The number of piperidine rings is 1. The maximum absolute atomic E-state index is 9.33. The Balaban J connectivity index is 1.32. The molecule has 1 N–H and O–H groups in total. The van der Waals surface area contributed by atoms with Crippen LogP contribution < -0.4 is 10.2 Å². The van der Waals surface area contributed by atoms with Crippen molar-refractivity contribution in [3.63, 3.8) is 0 Å². The molecule has 3 aliphatic heterocycles. The molecule has 0 radical (unpaired) electrons. The molecule has 3 saturated heterocycles. The van der Waals surface area contributed by atoms with Crippen molar-refractivity contribution in [1.29, 1.82) is 5.26 Å². The van der Waals surface area contributed by atoms with Crippen molar-refractivity contribution in [1.82, 2.24) is 19.8 Å². The van der Waals surface area contributed by atoms with Gasteiger partial charge in [0.05, 0.1) is 29.6 Å². The lowest BCUT2D eigenvalue weighted by Crippen LogP contribution is -2.53. The van der Waals surface area contributed by atoms with Crippen LogP contribution in [0.4, 0.5) is 5.69 Å². The van der Waals surface area contributed by atoms with Crippen molar-refractivity contribution in [2.24, 2.45) is 5.92 Å². The number of morpholine rings is 1. The minimum absolute atomic E-state index is 0.183. The summed E-state index contributed by atoms with van der Waals surface area (Å²) in [5.41, 5.74) is 2.69. The minimum Gasteiger partial charge on any atom is -0.370 e. The Morgan fingerprint density at radius 2 is 2.18 bits per heavy atom. The first-order chi connectivity index (χ1) is 13.7. The van der Waals surface area contributed by atoms with E-state index in [1.54, 1.807) is 10.7 Å². The van der Waals surface area contributed by atoms with E-state index < -0.39 is 0 Å². The number of hydrogen-bond donors (Lipinski definition) is 1. The monoisotopic (exact) mass is 380 g/mol. The SMILES string of the molecule is C[C@@H]1CN(c2ccc(C#N)n3nccc23)C[C@H](CN2CCC3NCCC3C2)O1. The minimum atomic E-state index is 0.183. The number of fused-ring (bicyclic) bond motifs is 2. The molecule has 0 saturated carbocycles. The summed E-state index contributed by atoms with van der Waals surface area (Å²) in [7, 11) is 0. The van der Waals surface area contributed by atoms with Crippen molar-refractivity contribution in [3.8, 4) is 6.07 Å². The third kappa shape index (κ3) is 3.26. The summed E-state index contributed by atoms with van der Waals surface area (Å²) in [6.45, 7) is 8.41. The molecule has 3 aliphatic rings. The highest BCUT2D eigenvalue weighted by Crippen LogP contribution is 2.28. The van der Waals surface area contributed by atoms with Gasteiger partial charge in [0.25, 0.3) is 0 Å². The van der Waals surface area contributed by atoms with Gasteiger partial charge in [0, 0.05) is 32.2 Å². The number of ether oxygens (including phenoxy) is 1. The summed E-state index contributed by atoms with van der Waals surface area (Å²) >= 11 is 0. The lowest BCUT2D eigenvalue weighted by molar-refractivity contribution is -0.0376. The number of pyridine rings is 1. The zero-order chi connectivity index (χ0) is 19.1. The van der Waals surface area contributed by atoms with E-state index in [0.717, 1.165) is 49.3 Å². The average molecular weight is 380 g/mol. The number of rotatable bonds is 3. The second-order valence-corrected chi connectivity index (χ2v) is 8.48. The van der Waals surface area contributed by atoms with Gasteiger partial charge in [-0.1, -0.05) is 0 Å². The summed E-state index contributed by atoms with van der Waals surface area (Å²) in [6.07, 6.45) is 4.71. The van der Waals surface area contributed by atoms with E-state index in [-0.39, 0.29) is 12.2 Å². The fourth-order valence-electron chi connectivity index (χ4n) is 5.27. The predicted molar refractivity (Wildman–Crippen MR) is 107 cm³/mol. The van der Waals surface area contributed by atoms with Crippen LogP contribution in [0, 0.1) is 17.2 Å². The lowest BCUT2D eigenvalue weighted by Gasteiger charge is -2.42. The standard InChI is InChI=1S/C21H28N6O/c1-15-11-26(20-3-2-17(10-22)27-21(20)5-8-24-27)14-18(28-15)13-25-9-6-19-16(12-25)4-7-23-19/h2-3,5,8,15-16,18-19,23H,4,6-7,9,11-14H2,1H3/t15-,16?,18+,19?/m1/s1. The highest BCUT2D eigenvalue weighted by Gasteiger charge is 2.35. The van der Waals surface area contributed by atoms with Gasteiger partial charge in [0.15, 0.2) is 0 Å². The van der Waals surface area contributed by atoms with Crippen LogP contribution >= 0.6 is 0 Å². The number of aromatic nitrogens is 2. The Bertz CT molecular complexity index is 889. The summed E-state index contributed by atoms with van der Waals surface area (Å²) in [4.78, 5) is 5.00. The first kappa shape index (κ1) is 17.9. The molecular weight excluding hydrogens is 352 g/mol. The van der Waals surface area contributed by atoms with E-state index in [4.69, 9.17) is 4.74 Å². The van der Waals surface area contributed by atoms with Crippen LogP contribution in [0.3, 0.4) is 0 Å². The van der Waals surface area contributed by atoms with E-state index in [2.05, 4.69) is 39.3 Å². The molecule has 0 spiro atoms. The Labute approximate surface area is 165 Å². The maximum atomic E-state index is 9.33. The number of hydrogen-bond acceptors (Lipinski definition) is 6. The largest absolute Gasteiger partial charge is 0.370 e. The Morgan fingerprint density at radius 3 is 3.07 bits per heavy atom. The zero-order valence-corrected chi connectivity index (χ0v) is 16.4. The molecule has 148 valence electrons. The second-order valence-electron chi connectivity index (χ2n) is 8.48. The molecule has 5 heterocycles. The van der Waals surface area contributed by atoms with Gasteiger partial charge in [-0.3, -0.25) is 0 Å². The molecule has 0 bridgehead atoms. The fourth-order valence-corrected chi connectivity index (χ4v) is 5.27. The number of likely N-dealkylation sites (tertiary alicyclic amines) is 1. The molecule has 3 fully saturated rings. The molecule has 7 heteroatoms. The quantitative estimate of drug-likeness (QED) is 0.870. The third-order valence-electron chi connectivity index (χ3n) is 6.52. The molecule has 0 aromatic carbocycles. The number of nitriles is 1. The molecule has 2 aromatic rings. The molecule has 5 rings (SSSR count). The van der Waals surface area contributed by atoms with Crippen molar-refractivity contribution >= 4 is 11.2 Å². The zero-order valence-electron chi connectivity index (χ0n) is 16.4. The van der Waals surface area contributed by atoms with Gasteiger partial charge < -0.3 is 19.9 Å². The first-order valence-corrected chi connectivity index (χ1v) is 10.4. The van der Waals surface area contributed by atoms with Crippen molar-refractivity contribution < 1.29 is 4.74 Å². The Morgan fingerprint density at radius 1 is 1.25 bits per heavy atom. The normalized spacial score (nSPS) is 31.1. The van der Waals surface area contributed by atoms with Crippen LogP contribution in [0.15, 0.2) is 24.4 Å².